The topological polar surface area (TPSA) is 61.7 Å². The van der Waals surface area contributed by atoms with Gasteiger partial charge < -0.3 is 14.7 Å². The van der Waals surface area contributed by atoms with E-state index in [4.69, 9.17) is 4.74 Å². The van der Waals surface area contributed by atoms with Crippen molar-refractivity contribution in [3.05, 3.63) is 12.3 Å². The van der Waals surface area contributed by atoms with Crippen molar-refractivity contribution in [3.8, 4) is 5.88 Å². The normalized spacial score (nSPS) is 27.5. The zero-order valence-corrected chi connectivity index (χ0v) is 13.3. The van der Waals surface area contributed by atoms with Crippen LogP contribution in [0, 0.1) is 0 Å². The zero-order valence-electron chi connectivity index (χ0n) is 13.3. The summed E-state index contributed by atoms with van der Waals surface area (Å²) in [6.07, 6.45) is 7.13. The second-order valence-corrected chi connectivity index (χ2v) is 6.19. The van der Waals surface area contributed by atoms with Crippen molar-refractivity contribution in [1.29, 1.82) is 0 Å². The van der Waals surface area contributed by atoms with Gasteiger partial charge in [-0.05, 0) is 19.3 Å². The van der Waals surface area contributed by atoms with Crippen LogP contribution >= 0.6 is 0 Å². The van der Waals surface area contributed by atoms with Crippen molar-refractivity contribution in [1.82, 2.24) is 14.9 Å². The fraction of sp³-hybridized carbons (Fsp3) is 0.750. The van der Waals surface area contributed by atoms with Gasteiger partial charge in [0.05, 0.1) is 13.2 Å². The van der Waals surface area contributed by atoms with Gasteiger partial charge in [-0.2, -0.15) is 4.98 Å². The standard InChI is InChI=1S/C16H26N4O2/c1-22-15-7-8-17-16(18-15)20-10-4-9-19(11-12-20)13-5-2-3-6-14(13)21/h7-8,13-14,21H,2-6,9-12H2,1H3/t13-,14+/m1/s1. The summed E-state index contributed by atoms with van der Waals surface area (Å²) in [6, 6.07) is 2.10. The molecule has 6 heteroatoms. The van der Waals surface area contributed by atoms with Crippen LogP contribution < -0.4 is 9.64 Å². The number of rotatable bonds is 3. The molecule has 0 radical (unpaired) electrons. The van der Waals surface area contributed by atoms with Gasteiger partial charge in [0.25, 0.3) is 0 Å². The maximum Gasteiger partial charge on any atom is 0.228 e. The van der Waals surface area contributed by atoms with Gasteiger partial charge in [-0.3, -0.25) is 4.90 Å². The van der Waals surface area contributed by atoms with Crippen LogP contribution in [0.2, 0.25) is 0 Å². The molecular weight excluding hydrogens is 280 g/mol. The van der Waals surface area contributed by atoms with Gasteiger partial charge >= 0.3 is 0 Å². The molecule has 1 aliphatic carbocycles. The van der Waals surface area contributed by atoms with Gasteiger partial charge in [0.1, 0.15) is 0 Å². The highest BCUT2D eigenvalue weighted by molar-refractivity contribution is 5.32. The number of aliphatic hydroxyl groups excluding tert-OH is 1. The molecule has 1 saturated carbocycles. The van der Waals surface area contributed by atoms with E-state index >= 15 is 0 Å². The van der Waals surface area contributed by atoms with E-state index in [1.165, 1.54) is 6.42 Å². The number of methoxy groups -OCH3 is 1. The molecule has 6 nitrogen and oxygen atoms in total. The molecule has 0 bridgehead atoms. The lowest BCUT2D eigenvalue weighted by molar-refractivity contribution is 0.0230. The van der Waals surface area contributed by atoms with Crippen LogP contribution in [0.3, 0.4) is 0 Å². The van der Waals surface area contributed by atoms with E-state index in [1.807, 2.05) is 0 Å². The van der Waals surface area contributed by atoms with Crippen molar-refractivity contribution in [3.63, 3.8) is 0 Å². The van der Waals surface area contributed by atoms with Crippen molar-refractivity contribution in [2.24, 2.45) is 0 Å². The number of hydrogen-bond acceptors (Lipinski definition) is 6. The predicted molar refractivity (Wildman–Crippen MR) is 85.2 cm³/mol. The van der Waals surface area contributed by atoms with Crippen LogP contribution in [0.25, 0.3) is 0 Å². The minimum atomic E-state index is -0.159. The molecule has 1 aromatic heterocycles. The van der Waals surface area contributed by atoms with E-state index in [1.54, 1.807) is 19.4 Å². The van der Waals surface area contributed by atoms with Gasteiger partial charge in [0.15, 0.2) is 0 Å². The van der Waals surface area contributed by atoms with E-state index in [0.717, 1.165) is 57.8 Å². The Morgan fingerprint density at radius 1 is 1.14 bits per heavy atom. The Kier molecular flexibility index (Phi) is 5.10. The minimum Gasteiger partial charge on any atom is -0.481 e. The first kappa shape index (κ1) is 15.5. The number of anilines is 1. The highest BCUT2D eigenvalue weighted by Crippen LogP contribution is 2.24. The van der Waals surface area contributed by atoms with E-state index < -0.39 is 0 Å². The molecule has 0 unspecified atom stereocenters. The zero-order chi connectivity index (χ0) is 15.4. The first-order valence-electron chi connectivity index (χ1n) is 8.32. The summed E-state index contributed by atoms with van der Waals surface area (Å²) in [6.45, 7) is 3.85. The summed E-state index contributed by atoms with van der Waals surface area (Å²) >= 11 is 0. The van der Waals surface area contributed by atoms with Crippen LogP contribution in [0.15, 0.2) is 12.3 Å². The Morgan fingerprint density at radius 2 is 2.00 bits per heavy atom. The number of aromatic nitrogens is 2. The molecule has 1 aliphatic heterocycles. The summed E-state index contributed by atoms with van der Waals surface area (Å²) in [5, 5.41) is 10.3. The molecule has 1 N–H and O–H groups in total. The average molecular weight is 306 g/mol. The number of aliphatic hydroxyl groups is 1. The molecule has 0 aromatic carbocycles. The Morgan fingerprint density at radius 3 is 2.82 bits per heavy atom. The van der Waals surface area contributed by atoms with E-state index in [0.29, 0.717) is 11.9 Å². The van der Waals surface area contributed by atoms with Crippen molar-refractivity contribution >= 4 is 5.95 Å². The summed E-state index contributed by atoms with van der Waals surface area (Å²) in [4.78, 5) is 13.5. The van der Waals surface area contributed by atoms with Crippen LogP contribution in [-0.2, 0) is 0 Å². The van der Waals surface area contributed by atoms with Gasteiger partial charge in [-0.15, -0.1) is 0 Å². The van der Waals surface area contributed by atoms with Crippen LogP contribution in [0.1, 0.15) is 32.1 Å². The Hall–Kier alpha value is -1.40. The monoisotopic (exact) mass is 306 g/mol. The van der Waals surface area contributed by atoms with Crippen molar-refractivity contribution < 1.29 is 9.84 Å². The lowest BCUT2D eigenvalue weighted by atomic mass is 9.91. The third-order valence-electron chi connectivity index (χ3n) is 4.80. The molecule has 22 heavy (non-hydrogen) atoms. The van der Waals surface area contributed by atoms with Gasteiger partial charge in [0, 0.05) is 44.5 Å². The maximum absolute atomic E-state index is 10.3. The summed E-state index contributed by atoms with van der Waals surface area (Å²) in [5.41, 5.74) is 0. The number of hydrogen-bond donors (Lipinski definition) is 1. The number of ether oxygens (including phenoxy) is 1. The molecule has 0 spiro atoms. The molecule has 3 rings (SSSR count). The van der Waals surface area contributed by atoms with E-state index in [9.17, 15) is 5.11 Å². The first-order chi connectivity index (χ1) is 10.8. The van der Waals surface area contributed by atoms with Crippen LogP contribution in [-0.4, -0.2) is 65.4 Å². The van der Waals surface area contributed by atoms with E-state index in [2.05, 4.69) is 19.8 Å². The van der Waals surface area contributed by atoms with Gasteiger partial charge in [-0.25, -0.2) is 4.98 Å². The quantitative estimate of drug-likeness (QED) is 0.908. The molecule has 2 aliphatic rings. The van der Waals surface area contributed by atoms with Crippen LogP contribution in [0.5, 0.6) is 5.88 Å². The molecule has 1 aromatic rings. The molecule has 122 valence electrons. The molecular formula is C16H26N4O2. The summed E-state index contributed by atoms with van der Waals surface area (Å²) < 4.78 is 5.19. The minimum absolute atomic E-state index is 0.159. The SMILES string of the molecule is COc1ccnc(N2CCCN([C@@H]3CCCC[C@@H]3O)CC2)n1. The molecule has 2 fully saturated rings. The van der Waals surface area contributed by atoms with Crippen molar-refractivity contribution in [2.45, 2.75) is 44.2 Å². The highest BCUT2D eigenvalue weighted by Gasteiger charge is 2.30. The molecule has 0 amide bonds. The average Bonchev–Trinajstić information content (AvgIpc) is 2.81. The third-order valence-corrected chi connectivity index (χ3v) is 4.80. The number of nitrogens with zero attached hydrogens (tertiary/aromatic N) is 4. The van der Waals surface area contributed by atoms with Gasteiger partial charge in [0.2, 0.25) is 11.8 Å². The van der Waals surface area contributed by atoms with Crippen molar-refractivity contribution in [2.75, 3.05) is 38.2 Å². The fourth-order valence-electron chi connectivity index (χ4n) is 3.59. The fourth-order valence-corrected chi connectivity index (χ4v) is 3.59. The van der Waals surface area contributed by atoms with Crippen LogP contribution in [0.4, 0.5) is 5.95 Å². The Balaban J connectivity index is 1.64. The second-order valence-electron chi connectivity index (χ2n) is 6.19. The third kappa shape index (κ3) is 3.50. The summed E-state index contributed by atoms with van der Waals surface area (Å²) in [7, 11) is 1.63. The van der Waals surface area contributed by atoms with E-state index in [-0.39, 0.29) is 6.10 Å². The lowest BCUT2D eigenvalue weighted by Gasteiger charge is -2.37. The second kappa shape index (κ2) is 7.24. The van der Waals surface area contributed by atoms with Gasteiger partial charge in [-0.1, -0.05) is 12.8 Å². The molecule has 2 heterocycles. The summed E-state index contributed by atoms with van der Waals surface area (Å²) in [5.74, 6) is 1.35. The lowest BCUT2D eigenvalue weighted by Crippen LogP contribution is -2.47. The predicted octanol–water partition coefficient (Wildman–Crippen LogP) is 1.30. The smallest absolute Gasteiger partial charge is 0.228 e. The largest absolute Gasteiger partial charge is 0.481 e. The Labute approximate surface area is 132 Å². The highest BCUT2D eigenvalue weighted by atomic mass is 16.5. The molecule has 2 atom stereocenters. The Bertz CT molecular complexity index is 485. The maximum atomic E-state index is 10.3. The molecule has 1 saturated heterocycles. The first-order valence-corrected chi connectivity index (χ1v) is 8.32.